The highest BCUT2D eigenvalue weighted by Gasteiger charge is 2.35. The summed E-state index contributed by atoms with van der Waals surface area (Å²) in [5, 5.41) is 1.57. The Morgan fingerprint density at radius 3 is 2.65 bits per heavy atom. The SMILES string of the molecule is CCOC(=O)CCCN[S@@+]([O-])N(Cc1ccc(F)c(C(F)(F)F)c1)c1sc2ccccc2c1C. The van der Waals surface area contributed by atoms with Gasteiger partial charge in [-0.2, -0.15) is 17.5 Å². The third-order valence-electron chi connectivity index (χ3n) is 5.00. The van der Waals surface area contributed by atoms with E-state index in [9.17, 15) is 26.9 Å². The van der Waals surface area contributed by atoms with E-state index in [-0.39, 0.29) is 37.6 Å². The van der Waals surface area contributed by atoms with Crippen molar-refractivity contribution in [2.75, 3.05) is 17.5 Å². The van der Waals surface area contributed by atoms with Gasteiger partial charge in [-0.05, 0) is 55.0 Å². The van der Waals surface area contributed by atoms with Gasteiger partial charge in [0.1, 0.15) is 10.8 Å². The van der Waals surface area contributed by atoms with E-state index in [1.807, 2.05) is 31.2 Å². The Labute approximate surface area is 202 Å². The minimum Gasteiger partial charge on any atom is -0.573 e. The lowest BCUT2D eigenvalue weighted by atomic mass is 10.1. The third kappa shape index (κ3) is 6.41. The average molecular weight is 517 g/mol. The van der Waals surface area contributed by atoms with Crippen LogP contribution in [-0.4, -0.2) is 23.7 Å². The zero-order valence-corrected chi connectivity index (χ0v) is 20.2. The van der Waals surface area contributed by atoms with Crippen LogP contribution in [0, 0.1) is 12.7 Å². The van der Waals surface area contributed by atoms with Crippen LogP contribution in [0.4, 0.5) is 22.6 Å². The molecule has 0 saturated heterocycles. The van der Waals surface area contributed by atoms with Crippen molar-refractivity contribution in [3.05, 3.63) is 65.0 Å². The number of nitrogens with zero attached hydrogens (tertiary/aromatic N) is 1. The molecule has 1 atom stereocenters. The van der Waals surface area contributed by atoms with Gasteiger partial charge in [-0.15, -0.1) is 16.1 Å². The molecule has 0 bridgehead atoms. The monoisotopic (exact) mass is 516 g/mol. The van der Waals surface area contributed by atoms with Crippen LogP contribution in [0.15, 0.2) is 42.5 Å². The minimum atomic E-state index is -4.84. The molecule has 3 rings (SSSR count). The van der Waals surface area contributed by atoms with Gasteiger partial charge in [-0.25, -0.2) is 4.39 Å². The summed E-state index contributed by atoms with van der Waals surface area (Å²) >= 11 is -0.466. The summed E-state index contributed by atoms with van der Waals surface area (Å²) in [6.45, 7) is 3.91. The second-order valence-corrected chi connectivity index (χ2v) is 9.69. The van der Waals surface area contributed by atoms with Crippen molar-refractivity contribution in [3.8, 4) is 0 Å². The van der Waals surface area contributed by atoms with Crippen molar-refractivity contribution >= 4 is 43.9 Å². The van der Waals surface area contributed by atoms with Crippen molar-refractivity contribution < 1.29 is 31.6 Å². The van der Waals surface area contributed by atoms with Crippen LogP contribution >= 0.6 is 11.3 Å². The molecule has 3 aromatic rings. The molecule has 1 N–H and O–H groups in total. The summed E-state index contributed by atoms with van der Waals surface area (Å²) in [5.74, 6) is -1.72. The number of nitrogens with one attached hydrogen (secondary N) is 1. The molecule has 0 radical (unpaired) electrons. The van der Waals surface area contributed by atoms with Crippen LogP contribution in [-0.2, 0) is 33.8 Å². The van der Waals surface area contributed by atoms with Crippen molar-refractivity contribution in [2.45, 2.75) is 39.4 Å². The second kappa shape index (κ2) is 11.4. The summed E-state index contributed by atoms with van der Waals surface area (Å²) in [4.78, 5) is 11.5. The van der Waals surface area contributed by atoms with Gasteiger partial charge in [-0.1, -0.05) is 24.3 Å². The molecule has 0 amide bonds. The first-order valence-electron chi connectivity index (χ1n) is 10.5. The Morgan fingerprint density at radius 1 is 1.24 bits per heavy atom. The van der Waals surface area contributed by atoms with E-state index in [0.29, 0.717) is 11.4 Å². The largest absolute Gasteiger partial charge is 0.573 e. The van der Waals surface area contributed by atoms with Crippen LogP contribution in [0.1, 0.15) is 36.5 Å². The lowest BCUT2D eigenvalue weighted by molar-refractivity contribution is -0.143. The van der Waals surface area contributed by atoms with E-state index in [2.05, 4.69) is 4.72 Å². The number of aryl methyl sites for hydroxylation is 1. The number of halogens is 4. The Bertz CT molecular complexity index is 1140. The summed E-state index contributed by atoms with van der Waals surface area (Å²) in [7, 11) is 0. The Morgan fingerprint density at radius 2 is 1.97 bits per heavy atom. The fourth-order valence-electron chi connectivity index (χ4n) is 3.36. The molecule has 1 heterocycles. The highest BCUT2D eigenvalue weighted by atomic mass is 32.2. The van der Waals surface area contributed by atoms with Gasteiger partial charge >= 0.3 is 12.1 Å². The first-order valence-corrected chi connectivity index (χ1v) is 12.5. The van der Waals surface area contributed by atoms with Crippen molar-refractivity contribution in [1.29, 1.82) is 0 Å². The number of carbonyl (C=O) groups is 1. The fourth-order valence-corrected chi connectivity index (χ4v) is 5.82. The first-order chi connectivity index (χ1) is 16.1. The van der Waals surface area contributed by atoms with Crippen molar-refractivity contribution in [2.24, 2.45) is 0 Å². The molecule has 2 aromatic carbocycles. The highest BCUT2D eigenvalue weighted by Crippen LogP contribution is 2.39. The molecular formula is C23H24F4N2O3S2. The van der Waals surface area contributed by atoms with Crippen LogP contribution in [0.3, 0.4) is 0 Å². The summed E-state index contributed by atoms with van der Waals surface area (Å²) in [6, 6.07) is 10.3. The van der Waals surface area contributed by atoms with Gasteiger partial charge < -0.3 is 9.29 Å². The molecule has 0 unspecified atom stereocenters. The first kappa shape index (κ1) is 26.3. The maximum atomic E-state index is 13.8. The molecular weight excluding hydrogens is 492 g/mol. The van der Waals surface area contributed by atoms with Gasteiger partial charge in [0, 0.05) is 17.7 Å². The van der Waals surface area contributed by atoms with Gasteiger partial charge in [0.25, 0.3) is 0 Å². The normalized spacial score (nSPS) is 12.7. The molecule has 0 fully saturated rings. The summed E-state index contributed by atoms with van der Waals surface area (Å²) < 4.78 is 76.7. The number of fused-ring (bicyclic) bond motifs is 1. The quantitative estimate of drug-likeness (QED) is 0.158. The summed E-state index contributed by atoms with van der Waals surface area (Å²) in [6.07, 6.45) is -4.33. The zero-order chi connectivity index (χ0) is 24.9. The van der Waals surface area contributed by atoms with E-state index in [0.717, 1.165) is 27.8 Å². The predicted octanol–water partition coefficient (Wildman–Crippen LogP) is 5.89. The molecule has 0 saturated carbocycles. The number of ether oxygens (including phenoxy) is 1. The van der Waals surface area contributed by atoms with Crippen molar-refractivity contribution in [3.63, 3.8) is 0 Å². The molecule has 1 aromatic heterocycles. The number of thiophene rings is 1. The third-order valence-corrected chi connectivity index (χ3v) is 7.57. The fraction of sp³-hybridized carbons (Fsp3) is 0.348. The minimum absolute atomic E-state index is 0.144. The van der Waals surface area contributed by atoms with Crippen LogP contribution in [0.25, 0.3) is 10.1 Å². The second-order valence-electron chi connectivity index (χ2n) is 7.43. The molecule has 0 aliphatic rings. The Balaban J connectivity index is 1.86. The Kier molecular flexibility index (Phi) is 8.80. The maximum absolute atomic E-state index is 13.8. The Hall–Kier alpha value is -2.34. The van der Waals surface area contributed by atoms with Gasteiger partial charge in [-0.3, -0.25) is 4.79 Å². The number of carbonyl (C=O) groups excluding carboxylic acids is 1. The van der Waals surface area contributed by atoms with Crippen molar-refractivity contribution in [1.82, 2.24) is 4.72 Å². The molecule has 11 heteroatoms. The van der Waals surface area contributed by atoms with Crippen LogP contribution < -0.4 is 9.03 Å². The van der Waals surface area contributed by atoms with Gasteiger partial charge in [0.15, 0.2) is 11.5 Å². The highest BCUT2D eigenvalue weighted by molar-refractivity contribution is 7.91. The van der Waals surface area contributed by atoms with Gasteiger partial charge in [0.05, 0.1) is 18.7 Å². The van der Waals surface area contributed by atoms with Crippen LogP contribution in [0.5, 0.6) is 0 Å². The zero-order valence-electron chi connectivity index (χ0n) is 18.6. The number of rotatable bonds is 10. The number of anilines is 1. The van der Waals surface area contributed by atoms with Gasteiger partial charge in [0.2, 0.25) is 0 Å². The maximum Gasteiger partial charge on any atom is 0.419 e. The number of hydrogen-bond donors (Lipinski definition) is 1. The summed E-state index contributed by atoms with van der Waals surface area (Å²) in [5.41, 5.74) is -0.376. The van der Waals surface area contributed by atoms with E-state index in [4.69, 9.17) is 4.74 Å². The molecule has 0 aliphatic heterocycles. The molecule has 184 valence electrons. The lowest BCUT2D eigenvalue weighted by Gasteiger charge is -2.25. The predicted molar refractivity (Wildman–Crippen MR) is 126 cm³/mol. The smallest absolute Gasteiger partial charge is 0.419 e. The standard InChI is InChI=1S/C23H24F4N2O3S2/c1-3-32-21(30)9-6-12-28-34(31)29(22-15(2)17-7-4-5-8-20(17)33-22)14-16-10-11-19(24)18(13-16)23(25,26)27/h4-5,7-8,10-11,13,28H,3,6,9,12,14H2,1-2H3/t34-/m1/s1. The average Bonchev–Trinajstić information content (AvgIpc) is 3.11. The topological polar surface area (TPSA) is 64.6 Å². The van der Waals surface area contributed by atoms with E-state index in [1.165, 1.54) is 21.7 Å². The number of alkyl halides is 3. The van der Waals surface area contributed by atoms with Crippen LogP contribution in [0.2, 0.25) is 0 Å². The lowest BCUT2D eigenvalue weighted by Crippen LogP contribution is -2.41. The number of hydrogen-bond acceptors (Lipinski definition) is 6. The van der Waals surface area contributed by atoms with E-state index in [1.54, 1.807) is 6.92 Å². The van der Waals surface area contributed by atoms with E-state index < -0.39 is 29.1 Å². The molecule has 5 nitrogen and oxygen atoms in total. The molecule has 34 heavy (non-hydrogen) atoms. The number of esters is 1. The molecule has 0 aliphatic carbocycles. The molecule has 0 spiro atoms. The van der Waals surface area contributed by atoms with E-state index >= 15 is 0 Å². The number of benzene rings is 2.